The average molecular weight is 280 g/mol. The Morgan fingerprint density at radius 1 is 1.43 bits per heavy atom. The van der Waals surface area contributed by atoms with Crippen LogP contribution < -0.4 is 5.32 Å². The fourth-order valence-corrected chi connectivity index (χ4v) is 3.02. The average Bonchev–Trinajstić information content (AvgIpc) is 2.19. The number of carbonyl (C=O) groups excluding carboxylic acids is 1. The zero-order valence-electron chi connectivity index (χ0n) is 8.64. The molecule has 4 heteroatoms. The Bertz CT molecular complexity index is 193. The van der Waals surface area contributed by atoms with Crippen molar-refractivity contribution >= 4 is 33.6 Å². The number of thioether (sulfide) groups is 1. The Morgan fingerprint density at radius 3 is 2.57 bits per heavy atom. The van der Waals surface area contributed by atoms with Gasteiger partial charge < -0.3 is 5.32 Å². The van der Waals surface area contributed by atoms with Gasteiger partial charge in [-0.3, -0.25) is 4.79 Å². The molecule has 1 rings (SSSR count). The lowest BCUT2D eigenvalue weighted by Gasteiger charge is -2.36. The normalized spacial score (nSPS) is 20.4. The zero-order valence-corrected chi connectivity index (χ0v) is 11.0. The lowest BCUT2D eigenvalue weighted by molar-refractivity contribution is -0.120. The van der Waals surface area contributed by atoms with E-state index in [-0.39, 0.29) is 11.4 Å². The summed E-state index contributed by atoms with van der Waals surface area (Å²) < 4.78 is 0. The molecule has 1 aliphatic carbocycles. The monoisotopic (exact) mass is 279 g/mol. The van der Waals surface area contributed by atoms with E-state index in [2.05, 4.69) is 21.2 Å². The van der Waals surface area contributed by atoms with Crippen molar-refractivity contribution < 1.29 is 4.79 Å². The molecule has 0 aliphatic heterocycles. The minimum atomic E-state index is 0.0467. The molecule has 0 radical (unpaired) electrons. The molecule has 1 amide bonds. The van der Waals surface area contributed by atoms with Gasteiger partial charge in [-0.05, 0) is 19.1 Å². The molecule has 0 aromatic heterocycles. The molecule has 0 saturated heterocycles. The molecule has 82 valence electrons. The van der Waals surface area contributed by atoms with Gasteiger partial charge in [0.2, 0.25) is 5.91 Å². The largest absolute Gasteiger partial charge is 0.349 e. The minimum absolute atomic E-state index is 0.0467. The van der Waals surface area contributed by atoms with Crippen LogP contribution in [0.3, 0.4) is 0 Å². The Labute approximate surface area is 98.7 Å². The number of hydrogen-bond donors (Lipinski definition) is 1. The Morgan fingerprint density at radius 2 is 2.07 bits per heavy atom. The predicted molar refractivity (Wildman–Crippen MR) is 66.1 cm³/mol. The fraction of sp³-hybridized carbons (Fsp3) is 0.900. The highest BCUT2D eigenvalue weighted by atomic mass is 79.9. The second-order valence-corrected chi connectivity index (χ2v) is 5.38. The lowest BCUT2D eigenvalue weighted by atomic mass is 9.83. The SMILES string of the molecule is CSCC(=O)NC1(CBr)CCCCC1. The summed E-state index contributed by atoms with van der Waals surface area (Å²) in [4.78, 5) is 11.5. The van der Waals surface area contributed by atoms with E-state index in [0.29, 0.717) is 5.75 Å². The van der Waals surface area contributed by atoms with Crippen molar-refractivity contribution in [2.75, 3.05) is 17.3 Å². The van der Waals surface area contributed by atoms with Crippen molar-refractivity contribution in [3.63, 3.8) is 0 Å². The molecule has 0 aromatic rings. The molecule has 0 atom stereocenters. The zero-order chi connectivity index (χ0) is 10.4. The van der Waals surface area contributed by atoms with Gasteiger partial charge in [-0.2, -0.15) is 11.8 Å². The van der Waals surface area contributed by atoms with E-state index in [1.807, 2.05) is 6.26 Å². The molecular formula is C10H18BrNOS. The van der Waals surface area contributed by atoms with E-state index < -0.39 is 0 Å². The van der Waals surface area contributed by atoms with E-state index in [1.54, 1.807) is 11.8 Å². The van der Waals surface area contributed by atoms with Gasteiger partial charge in [0, 0.05) is 10.9 Å². The first-order valence-corrected chi connectivity index (χ1v) is 7.60. The van der Waals surface area contributed by atoms with Gasteiger partial charge in [-0.15, -0.1) is 0 Å². The first kappa shape index (κ1) is 12.4. The Hall–Kier alpha value is 0.300. The quantitative estimate of drug-likeness (QED) is 0.802. The standard InChI is InChI=1S/C10H18BrNOS/c1-14-7-9(13)12-10(8-11)5-3-2-4-6-10/h2-8H2,1H3,(H,12,13). The first-order valence-electron chi connectivity index (χ1n) is 5.08. The third kappa shape index (κ3) is 3.46. The maximum atomic E-state index is 11.5. The number of halogens is 1. The summed E-state index contributed by atoms with van der Waals surface area (Å²) in [6, 6.07) is 0. The second-order valence-electron chi connectivity index (χ2n) is 3.96. The van der Waals surface area contributed by atoms with E-state index in [9.17, 15) is 4.79 Å². The van der Waals surface area contributed by atoms with Crippen LogP contribution in [0.4, 0.5) is 0 Å². The molecule has 0 heterocycles. The highest BCUT2D eigenvalue weighted by Gasteiger charge is 2.31. The maximum Gasteiger partial charge on any atom is 0.230 e. The van der Waals surface area contributed by atoms with E-state index in [1.165, 1.54) is 19.3 Å². The number of nitrogens with one attached hydrogen (secondary N) is 1. The van der Waals surface area contributed by atoms with Crippen LogP contribution in [0.25, 0.3) is 0 Å². The molecule has 1 fully saturated rings. The van der Waals surface area contributed by atoms with Crippen LogP contribution in [0.1, 0.15) is 32.1 Å². The molecule has 0 aromatic carbocycles. The topological polar surface area (TPSA) is 29.1 Å². The number of carbonyl (C=O) groups is 1. The summed E-state index contributed by atoms with van der Waals surface area (Å²) in [6.07, 6.45) is 8.00. The highest BCUT2D eigenvalue weighted by molar-refractivity contribution is 9.09. The van der Waals surface area contributed by atoms with Gasteiger partial charge in [-0.1, -0.05) is 35.2 Å². The fourth-order valence-electron chi connectivity index (χ4n) is 1.98. The Balaban J connectivity index is 2.47. The van der Waals surface area contributed by atoms with Gasteiger partial charge in [0.25, 0.3) is 0 Å². The van der Waals surface area contributed by atoms with Crippen LogP contribution in [0.15, 0.2) is 0 Å². The van der Waals surface area contributed by atoms with E-state index >= 15 is 0 Å². The van der Waals surface area contributed by atoms with E-state index in [4.69, 9.17) is 0 Å². The summed E-state index contributed by atoms with van der Waals surface area (Å²) >= 11 is 5.11. The van der Waals surface area contributed by atoms with Crippen molar-refractivity contribution in [3.05, 3.63) is 0 Å². The van der Waals surface area contributed by atoms with E-state index in [0.717, 1.165) is 18.2 Å². The maximum absolute atomic E-state index is 11.5. The third-order valence-electron chi connectivity index (χ3n) is 2.75. The van der Waals surface area contributed by atoms with Gasteiger partial charge >= 0.3 is 0 Å². The number of hydrogen-bond acceptors (Lipinski definition) is 2. The summed E-state index contributed by atoms with van der Waals surface area (Å²) in [5.74, 6) is 0.758. The minimum Gasteiger partial charge on any atom is -0.349 e. The molecule has 1 aliphatic rings. The smallest absolute Gasteiger partial charge is 0.230 e. The van der Waals surface area contributed by atoms with Crippen molar-refractivity contribution in [1.29, 1.82) is 0 Å². The molecule has 0 unspecified atom stereocenters. The van der Waals surface area contributed by atoms with Crippen molar-refractivity contribution in [2.24, 2.45) is 0 Å². The van der Waals surface area contributed by atoms with Crippen LogP contribution in [-0.2, 0) is 4.79 Å². The van der Waals surface area contributed by atoms with Crippen LogP contribution in [0.2, 0.25) is 0 Å². The van der Waals surface area contributed by atoms with Gasteiger partial charge in [0.1, 0.15) is 0 Å². The molecule has 0 spiro atoms. The summed E-state index contributed by atoms with van der Waals surface area (Å²) in [6.45, 7) is 0. The number of rotatable bonds is 4. The summed E-state index contributed by atoms with van der Waals surface area (Å²) in [5.41, 5.74) is 0.0467. The van der Waals surface area contributed by atoms with Gasteiger partial charge in [0.05, 0.1) is 5.75 Å². The number of alkyl halides is 1. The molecule has 1 N–H and O–H groups in total. The molecule has 0 bridgehead atoms. The lowest BCUT2D eigenvalue weighted by Crippen LogP contribution is -2.51. The number of amides is 1. The molecule has 14 heavy (non-hydrogen) atoms. The van der Waals surface area contributed by atoms with Gasteiger partial charge in [-0.25, -0.2) is 0 Å². The summed E-state index contributed by atoms with van der Waals surface area (Å²) in [5, 5.41) is 4.07. The molecular weight excluding hydrogens is 262 g/mol. The van der Waals surface area contributed by atoms with Gasteiger partial charge in [0.15, 0.2) is 0 Å². The van der Waals surface area contributed by atoms with Crippen LogP contribution >= 0.6 is 27.7 Å². The second kappa shape index (κ2) is 6.01. The van der Waals surface area contributed by atoms with Crippen LogP contribution in [-0.4, -0.2) is 28.8 Å². The highest BCUT2D eigenvalue weighted by Crippen LogP contribution is 2.29. The third-order valence-corrected chi connectivity index (χ3v) is 4.37. The predicted octanol–water partition coefficient (Wildman–Crippen LogP) is 2.56. The molecule has 2 nitrogen and oxygen atoms in total. The first-order chi connectivity index (χ1) is 6.72. The van der Waals surface area contributed by atoms with Crippen molar-refractivity contribution in [2.45, 2.75) is 37.6 Å². The molecule has 1 saturated carbocycles. The van der Waals surface area contributed by atoms with Crippen LogP contribution in [0.5, 0.6) is 0 Å². The Kier molecular flexibility index (Phi) is 5.31. The van der Waals surface area contributed by atoms with Crippen molar-refractivity contribution in [3.8, 4) is 0 Å². The van der Waals surface area contributed by atoms with Crippen LogP contribution in [0, 0.1) is 0 Å². The summed E-state index contributed by atoms with van der Waals surface area (Å²) in [7, 11) is 0. The van der Waals surface area contributed by atoms with Crippen molar-refractivity contribution in [1.82, 2.24) is 5.32 Å².